The van der Waals surface area contributed by atoms with Gasteiger partial charge in [-0.25, -0.2) is 4.98 Å². The van der Waals surface area contributed by atoms with Crippen molar-refractivity contribution in [3.8, 4) is 22.9 Å². The topological polar surface area (TPSA) is 87.0 Å². The molecule has 3 heterocycles. The molecule has 0 spiro atoms. The zero-order chi connectivity index (χ0) is 23.1. The summed E-state index contributed by atoms with van der Waals surface area (Å²) in [6.45, 7) is 2.99. The number of halogens is 1. The lowest BCUT2D eigenvalue weighted by molar-refractivity contribution is 0.414. The number of imidazole rings is 1. The third-order valence-corrected chi connectivity index (χ3v) is 6.04. The van der Waals surface area contributed by atoms with E-state index >= 15 is 0 Å². The molecule has 0 saturated heterocycles. The van der Waals surface area contributed by atoms with Gasteiger partial charge in [0.15, 0.2) is 0 Å². The minimum atomic E-state index is -0.245. The molecule has 1 N–H and O–H groups in total. The number of benzene rings is 2. The number of rotatable bonds is 6. The van der Waals surface area contributed by atoms with Crippen LogP contribution in [-0.2, 0) is 13.1 Å². The maximum absolute atomic E-state index is 13.8. The molecule has 0 saturated carbocycles. The van der Waals surface area contributed by atoms with E-state index in [0.29, 0.717) is 41.2 Å². The van der Waals surface area contributed by atoms with Crippen LogP contribution in [0.25, 0.3) is 33.5 Å². The Morgan fingerprint density at radius 1 is 1.06 bits per heavy atom. The second kappa shape index (κ2) is 8.29. The number of H-pyrrole nitrogens is 1. The summed E-state index contributed by atoms with van der Waals surface area (Å²) < 4.78 is 14.0. The third kappa shape index (κ3) is 3.62. The number of hydrogen-bond acceptors (Lipinski definition) is 5. The summed E-state index contributed by atoms with van der Waals surface area (Å²) in [5, 5.41) is 4.89. The minimum absolute atomic E-state index is 0.245. The molecule has 0 bridgehead atoms. The van der Waals surface area contributed by atoms with Crippen LogP contribution in [0.5, 0.6) is 11.5 Å². The first-order valence-electron chi connectivity index (χ1n) is 10.5. The Labute approximate surface area is 194 Å². The lowest BCUT2D eigenvalue weighted by Gasteiger charge is -2.11. The zero-order valence-corrected chi connectivity index (χ0v) is 19.2. The van der Waals surface area contributed by atoms with Crippen molar-refractivity contribution in [2.75, 3.05) is 14.2 Å². The second-order valence-corrected chi connectivity index (χ2v) is 7.99. The smallest absolute Gasteiger partial charge is 0.264 e. The maximum atomic E-state index is 13.8. The minimum Gasteiger partial charge on any atom is -0.497 e. The van der Waals surface area contributed by atoms with Crippen LogP contribution in [0.2, 0.25) is 5.02 Å². The molecular weight excluding hydrogens is 442 g/mol. The van der Waals surface area contributed by atoms with Gasteiger partial charge in [-0.1, -0.05) is 23.7 Å². The van der Waals surface area contributed by atoms with Crippen LogP contribution < -0.4 is 15.0 Å². The molecule has 0 unspecified atom stereocenters. The Hall–Kier alpha value is -3.78. The Kier molecular flexibility index (Phi) is 5.30. The molecule has 0 amide bonds. The number of nitrogens with one attached hydrogen (secondary N) is 1. The molecule has 9 heteroatoms. The SMILES string of the molecule is CCn1cc2c(n1)c(Cl)c(-c1nc3ccc(OC)cc3[nH]1)c(=O)n2Cc1ccc(OC)cc1. The lowest BCUT2D eigenvalue weighted by Crippen LogP contribution is -2.23. The summed E-state index contributed by atoms with van der Waals surface area (Å²) in [7, 11) is 3.22. The maximum Gasteiger partial charge on any atom is 0.264 e. The lowest BCUT2D eigenvalue weighted by atomic mass is 10.2. The van der Waals surface area contributed by atoms with E-state index < -0.39 is 0 Å². The molecule has 0 aliphatic carbocycles. The van der Waals surface area contributed by atoms with E-state index in [-0.39, 0.29) is 16.1 Å². The molecule has 2 aromatic carbocycles. The number of nitrogens with zero attached hydrogens (tertiary/aromatic N) is 4. The summed E-state index contributed by atoms with van der Waals surface area (Å²) in [6, 6.07) is 13.1. The van der Waals surface area contributed by atoms with Crippen LogP contribution in [0.3, 0.4) is 0 Å². The Balaban J connectivity index is 1.72. The summed E-state index contributed by atoms with van der Waals surface area (Å²) >= 11 is 6.76. The van der Waals surface area contributed by atoms with Crippen molar-refractivity contribution in [3.05, 3.63) is 69.6 Å². The van der Waals surface area contributed by atoms with Gasteiger partial charge in [0.1, 0.15) is 28.4 Å². The van der Waals surface area contributed by atoms with Crippen molar-refractivity contribution in [1.29, 1.82) is 0 Å². The monoisotopic (exact) mass is 463 g/mol. The van der Waals surface area contributed by atoms with Crippen LogP contribution in [-0.4, -0.2) is 38.5 Å². The van der Waals surface area contributed by atoms with Crippen LogP contribution in [0.1, 0.15) is 12.5 Å². The molecule has 0 aliphatic rings. The van der Waals surface area contributed by atoms with E-state index in [0.717, 1.165) is 16.8 Å². The van der Waals surface area contributed by atoms with Crippen molar-refractivity contribution in [3.63, 3.8) is 0 Å². The molecule has 33 heavy (non-hydrogen) atoms. The van der Waals surface area contributed by atoms with Gasteiger partial charge >= 0.3 is 0 Å². The summed E-state index contributed by atoms with van der Waals surface area (Å²) in [4.78, 5) is 21.6. The normalized spacial score (nSPS) is 11.4. The van der Waals surface area contributed by atoms with E-state index in [1.165, 1.54) is 0 Å². The predicted molar refractivity (Wildman–Crippen MR) is 128 cm³/mol. The van der Waals surface area contributed by atoms with Crippen molar-refractivity contribution >= 4 is 33.7 Å². The molecular formula is C24H22ClN5O3. The molecule has 0 aliphatic heterocycles. The number of fused-ring (bicyclic) bond motifs is 2. The number of pyridine rings is 1. The fraction of sp³-hybridized carbons (Fsp3) is 0.208. The van der Waals surface area contributed by atoms with Crippen LogP contribution in [0, 0.1) is 0 Å². The summed E-state index contributed by atoms with van der Waals surface area (Å²) in [5.74, 6) is 1.84. The standard InChI is InChI=1S/C24H22ClN5O3/c1-4-29-13-19-22(28-29)21(25)20(23-26-17-10-9-16(33-3)11-18(17)27-23)24(31)30(19)12-14-5-7-15(32-2)8-6-14/h5-11,13H,4,12H2,1-3H3,(H,26,27). The number of aryl methyl sites for hydroxylation is 1. The number of ether oxygens (including phenoxy) is 2. The zero-order valence-electron chi connectivity index (χ0n) is 18.4. The molecule has 3 aromatic heterocycles. The third-order valence-electron chi connectivity index (χ3n) is 5.67. The van der Waals surface area contributed by atoms with Crippen molar-refractivity contribution in [2.45, 2.75) is 20.0 Å². The molecule has 168 valence electrons. The first kappa shape index (κ1) is 21.1. The molecule has 0 atom stereocenters. The van der Waals surface area contributed by atoms with E-state index in [1.807, 2.05) is 55.6 Å². The summed E-state index contributed by atoms with van der Waals surface area (Å²) in [5.41, 5.74) is 3.68. The van der Waals surface area contributed by atoms with Gasteiger partial charge in [0.05, 0.1) is 42.3 Å². The van der Waals surface area contributed by atoms with Crippen molar-refractivity contribution in [2.24, 2.45) is 0 Å². The quantitative estimate of drug-likeness (QED) is 0.401. The van der Waals surface area contributed by atoms with E-state index in [1.54, 1.807) is 23.5 Å². The van der Waals surface area contributed by atoms with Gasteiger partial charge in [-0.3, -0.25) is 9.48 Å². The average molecular weight is 464 g/mol. The Morgan fingerprint density at radius 3 is 2.48 bits per heavy atom. The van der Waals surface area contributed by atoms with Gasteiger partial charge in [-0.05, 0) is 36.8 Å². The van der Waals surface area contributed by atoms with E-state index in [2.05, 4.69) is 15.1 Å². The van der Waals surface area contributed by atoms with E-state index in [9.17, 15) is 4.79 Å². The van der Waals surface area contributed by atoms with Crippen molar-refractivity contribution in [1.82, 2.24) is 24.3 Å². The predicted octanol–water partition coefficient (Wildman–Crippen LogP) is 4.48. The molecule has 5 rings (SSSR count). The highest BCUT2D eigenvalue weighted by Crippen LogP contribution is 2.31. The van der Waals surface area contributed by atoms with Gasteiger partial charge in [0, 0.05) is 18.8 Å². The van der Waals surface area contributed by atoms with Gasteiger partial charge in [0.2, 0.25) is 0 Å². The highest BCUT2D eigenvalue weighted by Gasteiger charge is 2.22. The van der Waals surface area contributed by atoms with Crippen molar-refractivity contribution < 1.29 is 9.47 Å². The number of methoxy groups -OCH3 is 2. The first-order chi connectivity index (χ1) is 16.0. The average Bonchev–Trinajstić information content (AvgIpc) is 3.46. The van der Waals surface area contributed by atoms with Gasteiger partial charge in [-0.15, -0.1) is 0 Å². The van der Waals surface area contributed by atoms with Gasteiger partial charge in [-0.2, -0.15) is 5.10 Å². The fourth-order valence-electron chi connectivity index (χ4n) is 3.89. The fourth-order valence-corrected chi connectivity index (χ4v) is 4.20. The number of aromatic nitrogens is 5. The second-order valence-electron chi connectivity index (χ2n) is 7.62. The van der Waals surface area contributed by atoms with E-state index in [4.69, 9.17) is 21.1 Å². The summed E-state index contributed by atoms with van der Waals surface area (Å²) in [6.07, 6.45) is 1.85. The van der Waals surface area contributed by atoms with Crippen LogP contribution in [0.15, 0.2) is 53.5 Å². The molecule has 8 nitrogen and oxygen atoms in total. The molecule has 5 aromatic rings. The first-order valence-corrected chi connectivity index (χ1v) is 10.9. The number of hydrogen-bond donors (Lipinski definition) is 1. The highest BCUT2D eigenvalue weighted by atomic mass is 35.5. The largest absolute Gasteiger partial charge is 0.497 e. The highest BCUT2D eigenvalue weighted by molar-refractivity contribution is 6.37. The van der Waals surface area contributed by atoms with Crippen LogP contribution >= 0.6 is 11.6 Å². The Morgan fingerprint density at radius 2 is 1.79 bits per heavy atom. The Bertz CT molecular complexity index is 1530. The van der Waals surface area contributed by atoms with Gasteiger partial charge in [0.25, 0.3) is 5.56 Å². The van der Waals surface area contributed by atoms with Crippen LogP contribution in [0.4, 0.5) is 0 Å². The van der Waals surface area contributed by atoms with Gasteiger partial charge < -0.3 is 19.0 Å². The number of aromatic amines is 1. The molecule has 0 radical (unpaired) electrons. The molecule has 0 fully saturated rings.